The number of esters is 1. The predicted octanol–water partition coefficient (Wildman–Crippen LogP) is 3.84. The minimum atomic E-state index is -1.84. The van der Waals surface area contributed by atoms with Crippen molar-refractivity contribution in [2.45, 2.75) is 114 Å². The van der Waals surface area contributed by atoms with Gasteiger partial charge in [0.1, 0.15) is 34.7 Å². The van der Waals surface area contributed by atoms with Gasteiger partial charge >= 0.3 is 18.0 Å². The second kappa shape index (κ2) is 17.1. The third-order valence-corrected chi connectivity index (χ3v) is 10.8. The zero-order chi connectivity index (χ0) is 40.2. The molecule has 0 spiro atoms. The summed E-state index contributed by atoms with van der Waals surface area (Å²) in [5, 5.41) is 14.9. The van der Waals surface area contributed by atoms with Gasteiger partial charge in [0.05, 0.1) is 25.3 Å². The Morgan fingerprint density at radius 3 is 2.38 bits per heavy atom. The molecule has 17 heteroatoms. The van der Waals surface area contributed by atoms with E-state index in [0.717, 1.165) is 11.1 Å². The Morgan fingerprint density at radius 2 is 1.73 bits per heavy atom. The predicted molar refractivity (Wildman–Crippen MR) is 194 cm³/mol. The topological polar surface area (TPSA) is 200 Å². The Balaban J connectivity index is 1.39. The van der Waals surface area contributed by atoms with Crippen LogP contribution in [0.1, 0.15) is 77.7 Å². The van der Waals surface area contributed by atoms with E-state index in [-0.39, 0.29) is 56.4 Å². The van der Waals surface area contributed by atoms with Crippen molar-refractivity contribution in [2.75, 3.05) is 26.2 Å². The number of nitrogens with zero attached hydrogens (tertiary/aromatic N) is 2. The molecule has 4 heterocycles. The van der Waals surface area contributed by atoms with Crippen molar-refractivity contribution in [1.29, 1.82) is 0 Å². The number of methoxy groups -OCH3 is 2. The van der Waals surface area contributed by atoms with Crippen LogP contribution >= 0.6 is 11.6 Å². The van der Waals surface area contributed by atoms with E-state index in [0.29, 0.717) is 22.9 Å². The molecule has 0 saturated carbocycles. The first-order valence-corrected chi connectivity index (χ1v) is 18.5. The zero-order valence-corrected chi connectivity index (χ0v) is 32.5. The molecule has 2 N–H and O–H groups in total. The van der Waals surface area contributed by atoms with Gasteiger partial charge in [0, 0.05) is 52.2 Å². The molecule has 4 aliphatic heterocycles. The number of aliphatic hydroxyl groups is 1. The summed E-state index contributed by atoms with van der Waals surface area (Å²) in [7, 11) is 4.44. The van der Waals surface area contributed by atoms with Gasteiger partial charge in [-0.05, 0) is 50.8 Å². The van der Waals surface area contributed by atoms with E-state index < -0.39 is 77.4 Å². The lowest BCUT2D eigenvalue weighted by Crippen LogP contribution is -2.63. The van der Waals surface area contributed by atoms with Crippen LogP contribution in [0.25, 0.3) is 0 Å². The molecular formula is C38H48ClN3O13. The number of allylic oxidation sites excluding steroid dienone is 3. The number of carbonyl (C=O) groups excluding carboxylic acids is 6. The van der Waals surface area contributed by atoms with Crippen LogP contribution < -0.4 is 15.0 Å². The molecule has 0 aliphatic carbocycles. The molecule has 4 aliphatic rings. The Labute approximate surface area is 323 Å². The molecule has 1 aromatic rings. The number of epoxide rings is 1. The van der Waals surface area contributed by atoms with Crippen LogP contribution in [0, 0.1) is 5.92 Å². The van der Waals surface area contributed by atoms with E-state index in [1.54, 1.807) is 45.2 Å². The van der Waals surface area contributed by atoms with Crippen LogP contribution in [0.3, 0.4) is 0 Å². The van der Waals surface area contributed by atoms with Gasteiger partial charge in [0.2, 0.25) is 5.91 Å². The summed E-state index contributed by atoms with van der Waals surface area (Å²) >= 11 is 6.73. The van der Waals surface area contributed by atoms with Gasteiger partial charge in [-0.25, -0.2) is 9.59 Å². The summed E-state index contributed by atoms with van der Waals surface area (Å²) in [6, 6.07) is 3.54. The number of hydrogen-bond acceptors (Lipinski definition) is 13. The van der Waals surface area contributed by atoms with Crippen LogP contribution in [0.2, 0.25) is 5.02 Å². The third kappa shape index (κ3) is 9.48. The number of halogens is 1. The number of ether oxygens (including phenoxy) is 5. The normalized spacial score (nSPS) is 31.4. The number of hydrogen-bond donors (Lipinski definition) is 2. The molecule has 3 saturated heterocycles. The second-order valence-corrected chi connectivity index (χ2v) is 14.9. The van der Waals surface area contributed by atoms with E-state index in [1.807, 2.05) is 13.0 Å². The van der Waals surface area contributed by atoms with E-state index in [9.17, 15) is 33.9 Å². The van der Waals surface area contributed by atoms with Gasteiger partial charge in [-0.15, -0.1) is 5.06 Å². The zero-order valence-electron chi connectivity index (χ0n) is 31.8. The monoisotopic (exact) mass is 789 g/mol. The second-order valence-electron chi connectivity index (χ2n) is 14.5. The van der Waals surface area contributed by atoms with Gasteiger partial charge in [0.25, 0.3) is 11.8 Å². The highest BCUT2D eigenvalue weighted by atomic mass is 35.5. The molecule has 5 rings (SSSR count). The first-order valence-electron chi connectivity index (χ1n) is 18.1. The number of nitrogens with one attached hydrogen (secondary N) is 1. The quantitative estimate of drug-likeness (QED) is 0.159. The smallest absolute Gasteiger partial charge is 0.409 e. The maximum absolute atomic E-state index is 14.0. The number of hydroxylamine groups is 2. The molecule has 1 aromatic carbocycles. The summed E-state index contributed by atoms with van der Waals surface area (Å²) in [5.74, 6) is -3.27. The Kier molecular flexibility index (Phi) is 12.9. The lowest BCUT2D eigenvalue weighted by Gasteiger charge is -2.42. The van der Waals surface area contributed by atoms with Crippen LogP contribution in [0.15, 0.2) is 35.9 Å². The average molecular weight is 790 g/mol. The first kappa shape index (κ1) is 41.6. The summed E-state index contributed by atoms with van der Waals surface area (Å²) in [6.07, 6.45) is 0.841. The van der Waals surface area contributed by atoms with Gasteiger partial charge in [-0.3, -0.25) is 24.5 Å². The van der Waals surface area contributed by atoms with Crippen molar-refractivity contribution in [2.24, 2.45) is 5.92 Å². The lowest BCUT2D eigenvalue weighted by atomic mass is 9.83. The number of fused-ring (bicyclic) bond motifs is 5. The van der Waals surface area contributed by atoms with Crippen LogP contribution in [-0.2, 0) is 54.2 Å². The van der Waals surface area contributed by atoms with Crippen molar-refractivity contribution in [3.63, 3.8) is 0 Å². The Hall–Kier alpha value is -4.51. The Bertz CT molecular complexity index is 1750. The molecule has 300 valence electrons. The fourth-order valence-electron chi connectivity index (χ4n) is 7.17. The number of rotatable bonds is 9. The van der Waals surface area contributed by atoms with Gasteiger partial charge in [-0.1, -0.05) is 42.3 Å². The van der Waals surface area contributed by atoms with Crippen molar-refractivity contribution < 1.29 is 62.4 Å². The highest BCUT2D eigenvalue weighted by molar-refractivity contribution is 6.35. The maximum atomic E-state index is 14.0. The summed E-state index contributed by atoms with van der Waals surface area (Å²) in [4.78, 5) is 82.1. The summed E-state index contributed by atoms with van der Waals surface area (Å²) in [6.45, 7) is 5.38. The fourth-order valence-corrected chi connectivity index (χ4v) is 7.48. The number of benzene rings is 1. The van der Waals surface area contributed by atoms with E-state index in [2.05, 4.69) is 5.32 Å². The Morgan fingerprint density at radius 1 is 1.05 bits per heavy atom. The van der Waals surface area contributed by atoms with Gasteiger partial charge < -0.3 is 38.5 Å². The average Bonchev–Trinajstić information content (AvgIpc) is 3.74. The van der Waals surface area contributed by atoms with Crippen molar-refractivity contribution in [1.82, 2.24) is 10.4 Å². The van der Waals surface area contributed by atoms with Crippen LogP contribution in [-0.4, -0.2) is 103 Å². The number of alkyl carbamates (subject to hydrolysis) is 1. The van der Waals surface area contributed by atoms with E-state index in [4.69, 9.17) is 40.1 Å². The molecule has 16 nitrogen and oxygen atoms in total. The number of amides is 4. The van der Waals surface area contributed by atoms with Crippen molar-refractivity contribution in [3.8, 4) is 5.75 Å². The molecule has 0 radical (unpaired) electrons. The van der Waals surface area contributed by atoms with Crippen molar-refractivity contribution >= 4 is 53.0 Å². The lowest BCUT2D eigenvalue weighted by molar-refractivity contribution is -0.197. The van der Waals surface area contributed by atoms with Gasteiger partial charge in [-0.2, -0.15) is 0 Å². The molecule has 4 amide bonds. The molecule has 0 aromatic heterocycles. The van der Waals surface area contributed by atoms with Crippen molar-refractivity contribution in [3.05, 3.63) is 46.5 Å². The minimum Gasteiger partial charge on any atom is -0.495 e. The number of carbonyl (C=O) groups is 6. The van der Waals surface area contributed by atoms with E-state index >= 15 is 0 Å². The molecule has 4 bridgehead atoms. The fraction of sp³-hybridized carbons (Fsp3) is 0.579. The SMILES string of the molecule is COc1cc2cc(c1Cl)N(C)C(=O)CC(OC(=O)CCCCC(=O)ON1C(=O)CCC1=O)C1(C)OC1C(C)C1CC(O)(NC(=O)O1)C(OC)/C=C/C=C(\C)C2. The highest BCUT2D eigenvalue weighted by Gasteiger charge is 2.64. The largest absolute Gasteiger partial charge is 0.495 e. The molecule has 55 heavy (non-hydrogen) atoms. The van der Waals surface area contributed by atoms with Crippen LogP contribution in [0.5, 0.6) is 5.75 Å². The maximum Gasteiger partial charge on any atom is 0.409 e. The first-order chi connectivity index (χ1) is 26.0. The molecule has 3 fully saturated rings. The summed E-state index contributed by atoms with van der Waals surface area (Å²) < 4.78 is 28.9. The molecule has 7 unspecified atom stereocenters. The molecule has 7 atom stereocenters. The summed E-state index contributed by atoms with van der Waals surface area (Å²) in [5.41, 5.74) is -0.988. The third-order valence-electron chi connectivity index (χ3n) is 10.4. The van der Waals surface area contributed by atoms with Crippen LogP contribution in [0.4, 0.5) is 10.5 Å². The van der Waals surface area contributed by atoms with Gasteiger partial charge in [0.15, 0.2) is 5.72 Å². The number of unbranched alkanes of at least 4 members (excludes halogenated alkanes) is 1. The highest BCUT2D eigenvalue weighted by Crippen LogP contribution is 2.49. The minimum absolute atomic E-state index is 0.0261. The standard InChI is InChI=1S/C38H48ClN3O13/c1-21-10-9-11-27(51-6)38(49)20-26(52-36(48)40-38)22(2)35-37(3,54-35)28(19-31(45)41(4)24-17-23(16-21)18-25(50-5)34(24)39)53-32(46)12-7-8-13-33(47)55-42-29(43)14-15-30(42)44/h9-11,17-18,22,26-28,35,49H,7-8,12-16,19-20H2,1-6H3,(H,40,48)/b11-9+,21-10+. The molecular weight excluding hydrogens is 742 g/mol. The van der Waals surface area contributed by atoms with E-state index in [1.165, 1.54) is 19.1 Å². The number of anilines is 1. The number of imide groups is 1.